The van der Waals surface area contributed by atoms with Crippen molar-refractivity contribution in [2.75, 3.05) is 27.3 Å². The van der Waals surface area contributed by atoms with E-state index in [1.165, 1.54) is 24.8 Å². The quantitative estimate of drug-likeness (QED) is 0.185. The molecule has 7 nitrogen and oxygen atoms in total. The van der Waals surface area contributed by atoms with Crippen LogP contribution < -0.4 is 9.47 Å². The van der Waals surface area contributed by atoms with E-state index in [0.29, 0.717) is 49.1 Å². The molecule has 0 saturated heterocycles. The molecule has 7 unspecified atom stereocenters. The molecule has 7 aliphatic carbocycles. The number of nitrogens with zero attached hydrogens (tertiary/aromatic N) is 1. The Kier molecular flexibility index (Phi) is 12.2. The van der Waals surface area contributed by atoms with Crippen molar-refractivity contribution in [1.29, 1.82) is 0 Å². The third kappa shape index (κ3) is 7.97. The summed E-state index contributed by atoms with van der Waals surface area (Å²) in [6.45, 7) is 10.2. The zero-order valence-electron chi connectivity index (χ0n) is 35.2. The highest BCUT2D eigenvalue weighted by Gasteiger charge is 2.59. The number of allylic oxidation sites excluding steroid dienone is 2. The lowest BCUT2D eigenvalue weighted by Gasteiger charge is -2.61. The van der Waals surface area contributed by atoms with Crippen LogP contribution in [-0.2, 0) is 17.6 Å². The number of rotatable bonds is 10. The molecule has 7 heteroatoms. The molecule has 7 atom stereocenters. The van der Waals surface area contributed by atoms with Gasteiger partial charge in [-0.25, -0.2) is 0 Å². The van der Waals surface area contributed by atoms with Gasteiger partial charge in [-0.1, -0.05) is 69.9 Å². The standard InChI is InChI=1S/C49H69NO6/c1-32-11-10-23-48(4)41(39-20-15-33(25-38(51)19-14-32)26-40(39)46(53)35-12-8-7-9-13-35)22-24-49(48,54)31-50(30-36-17-18-37-29-42(36)47(37,2)3)45(52)28-34-16-21-43(55-5)44(27-34)56-6/h11,15-16,20-21,26-27,35-38,41-42,51,54H,7-10,12-14,17-19,22-25,28-31H2,1-6H3. The second-order valence-corrected chi connectivity index (χ2v) is 19.5. The molecule has 306 valence electrons. The molecule has 2 N–H and O–H groups in total. The number of hydrogen-bond donors (Lipinski definition) is 2. The largest absolute Gasteiger partial charge is 0.493 e. The summed E-state index contributed by atoms with van der Waals surface area (Å²) in [7, 11) is 3.24. The van der Waals surface area contributed by atoms with Crippen LogP contribution in [0.25, 0.3) is 0 Å². The smallest absolute Gasteiger partial charge is 0.227 e. The Bertz CT molecular complexity index is 1770. The molecule has 5 saturated carbocycles. The summed E-state index contributed by atoms with van der Waals surface area (Å²) in [5.41, 5.74) is 3.51. The number of amides is 1. The summed E-state index contributed by atoms with van der Waals surface area (Å²) in [4.78, 5) is 31.3. The molecule has 2 aromatic rings. The molecule has 7 aliphatic rings. The fraction of sp³-hybridized carbons (Fsp3) is 0.673. The first kappa shape index (κ1) is 41.0. The van der Waals surface area contributed by atoms with E-state index in [0.717, 1.165) is 86.0 Å². The van der Waals surface area contributed by atoms with Gasteiger partial charge in [0.15, 0.2) is 17.3 Å². The summed E-state index contributed by atoms with van der Waals surface area (Å²) in [5.74, 6) is 3.22. The van der Waals surface area contributed by atoms with Gasteiger partial charge in [0.2, 0.25) is 5.91 Å². The molecule has 0 aliphatic heterocycles. The number of benzene rings is 2. The van der Waals surface area contributed by atoms with Crippen LogP contribution in [0.3, 0.4) is 0 Å². The molecule has 0 heterocycles. The molecule has 0 spiro atoms. The number of hydrogen-bond acceptors (Lipinski definition) is 6. The summed E-state index contributed by atoms with van der Waals surface area (Å²) >= 11 is 0. The number of aliphatic hydroxyl groups excluding tert-OH is 1. The molecular formula is C49H69NO6. The zero-order valence-corrected chi connectivity index (χ0v) is 35.2. The van der Waals surface area contributed by atoms with Gasteiger partial charge in [-0.3, -0.25) is 9.59 Å². The zero-order chi connectivity index (χ0) is 39.8. The Hall–Kier alpha value is -3.16. The van der Waals surface area contributed by atoms with Crippen LogP contribution in [0.4, 0.5) is 0 Å². The monoisotopic (exact) mass is 768 g/mol. The van der Waals surface area contributed by atoms with E-state index >= 15 is 0 Å². The van der Waals surface area contributed by atoms with E-state index in [9.17, 15) is 19.8 Å². The average molecular weight is 768 g/mol. The summed E-state index contributed by atoms with van der Waals surface area (Å²) in [6, 6.07) is 12.1. The second kappa shape index (κ2) is 16.6. The minimum absolute atomic E-state index is 0.0224. The Morgan fingerprint density at radius 1 is 0.893 bits per heavy atom. The molecule has 2 aromatic carbocycles. The van der Waals surface area contributed by atoms with Gasteiger partial charge in [-0.2, -0.15) is 0 Å². The number of methoxy groups -OCH3 is 2. The van der Waals surface area contributed by atoms with Crippen molar-refractivity contribution in [2.45, 2.75) is 148 Å². The number of carbonyl (C=O) groups excluding carboxylic acids is 2. The number of carbonyl (C=O) groups is 2. The Labute approximate surface area is 336 Å². The van der Waals surface area contributed by atoms with Gasteiger partial charge < -0.3 is 24.6 Å². The van der Waals surface area contributed by atoms with Gasteiger partial charge in [0.05, 0.1) is 32.3 Å². The highest BCUT2D eigenvalue weighted by atomic mass is 16.5. The van der Waals surface area contributed by atoms with Crippen molar-refractivity contribution < 1.29 is 29.3 Å². The maximum absolute atomic E-state index is 14.7. The second-order valence-electron chi connectivity index (χ2n) is 19.5. The molecule has 4 bridgehead atoms. The van der Waals surface area contributed by atoms with Crippen LogP contribution >= 0.6 is 0 Å². The first-order chi connectivity index (χ1) is 26.8. The fourth-order valence-corrected chi connectivity index (χ4v) is 12.1. The van der Waals surface area contributed by atoms with E-state index in [-0.39, 0.29) is 41.9 Å². The predicted octanol–water partition coefficient (Wildman–Crippen LogP) is 9.65. The third-order valence-corrected chi connectivity index (χ3v) is 16.0. The molecule has 9 rings (SSSR count). The number of ether oxygens (including phenoxy) is 2. The van der Waals surface area contributed by atoms with Crippen LogP contribution in [0.2, 0.25) is 0 Å². The Morgan fingerprint density at radius 2 is 1.66 bits per heavy atom. The SMILES string of the molecule is COc1ccc(CC(=O)N(CC2CCC3CC2C3(C)C)CC2(O)CCC3c4ccc(cc4C(=O)C4CCCCC4)CC(O)CCC(C)=CCCC32C)cc1OC. The first-order valence-electron chi connectivity index (χ1n) is 22.0. The van der Waals surface area contributed by atoms with E-state index in [1.54, 1.807) is 14.2 Å². The molecule has 5 fully saturated rings. The highest BCUT2D eigenvalue weighted by Crippen LogP contribution is 2.62. The summed E-state index contributed by atoms with van der Waals surface area (Å²) < 4.78 is 11.1. The molecule has 1 amide bonds. The topological polar surface area (TPSA) is 96.3 Å². The fourth-order valence-electron chi connectivity index (χ4n) is 12.1. The summed E-state index contributed by atoms with van der Waals surface area (Å²) in [5, 5.41) is 24.4. The highest BCUT2D eigenvalue weighted by molar-refractivity contribution is 5.99. The van der Waals surface area contributed by atoms with Gasteiger partial charge in [-0.15, -0.1) is 0 Å². The van der Waals surface area contributed by atoms with Gasteiger partial charge in [0.25, 0.3) is 0 Å². The third-order valence-electron chi connectivity index (χ3n) is 16.0. The van der Waals surface area contributed by atoms with Crippen LogP contribution in [0, 0.1) is 34.5 Å². The molecule has 0 aromatic heterocycles. The Morgan fingerprint density at radius 3 is 2.38 bits per heavy atom. The van der Waals surface area contributed by atoms with E-state index < -0.39 is 17.1 Å². The van der Waals surface area contributed by atoms with Crippen molar-refractivity contribution in [3.63, 3.8) is 0 Å². The number of fused-ring (bicyclic) bond motifs is 10. The molecule has 0 radical (unpaired) electrons. The maximum Gasteiger partial charge on any atom is 0.227 e. The number of aliphatic hydroxyl groups is 2. The van der Waals surface area contributed by atoms with Crippen LogP contribution in [-0.4, -0.2) is 65.8 Å². The van der Waals surface area contributed by atoms with Gasteiger partial charge in [-0.05, 0) is 148 Å². The maximum atomic E-state index is 14.7. The molecular weight excluding hydrogens is 699 g/mol. The lowest BCUT2D eigenvalue weighted by atomic mass is 9.45. The van der Waals surface area contributed by atoms with Crippen LogP contribution in [0.1, 0.15) is 151 Å². The van der Waals surface area contributed by atoms with Gasteiger partial charge >= 0.3 is 0 Å². The van der Waals surface area contributed by atoms with Crippen molar-refractivity contribution >= 4 is 11.7 Å². The van der Waals surface area contributed by atoms with Gasteiger partial charge in [0.1, 0.15) is 0 Å². The predicted molar refractivity (Wildman–Crippen MR) is 222 cm³/mol. The molecule has 56 heavy (non-hydrogen) atoms. The number of Topliss-reactive ketones (excluding diaryl/α,β-unsaturated/α-hetero) is 1. The average Bonchev–Trinajstić information content (AvgIpc) is 3.44. The first-order valence-corrected chi connectivity index (χ1v) is 22.0. The van der Waals surface area contributed by atoms with Crippen LogP contribution in [0.15, 0.2) is 48.0 Å². The van der Waals surface area contributed by atoms with E-state index in [2.05, 4.69) is 52.0 Å². The normalized spacial score (nSPS) is 31.7. The lowest BCUT2D eigenvalue weighted by Crippen LogP contribution is -2.58. The van der Waals surface area contributed by atoms with Crippen molar-refractivity contribution in [3.05, 3.63) is 70.3 Å². The van der Waals surface area contributed by atoms with E-state index in [4.69, 9.17) is 9.47 Å². The van der Waals surface area contributed by atoms with Crippen molar-refractivity contribution in [3.8, 4) is 11.5 Å². The summed E-state index contributed by atoms with van der Waals surface area (Å²) in [6.07, 6.45) is 15.7. The lowest BCUT2D eigenvalue weighted by molar-refractivity contribution is -0.149. The minimum atomic E-state index is -1.16. The Balaban J connectivity index is 1.25. The minimum Gasteiger partial charge on any atom is -0.493 e. The van der Waals surface area contributed by atoms with Crippen molar-refractivity contribution in [2.24, 2.45) is 34.5 Å². The number of ketones is 1. The van der Waals surface area contributed by atoms with Gasteiger partial charge in [0, 0.05) is 30.0 Å². The van der Waals surface area contributed by atoms with Crippen LogP contribution in [0.5, 0.6) is 11.5 Å². The van der Waals surface area contributed by atoms with Crippen molar-refractivity contribution in [1.82, 2.24) is 4.90 Å². The van der Waals surface area contributed by atoms with E-state index in [1.807, 2.05) is 23.1 Å².